The van der Waals surface area contributed by atoms with E-state index in [4.69, 9.17) is 9.84 Å². The van der Waals surface area contributed by atoms with Crippen molar-refractivity contribution in [3.05, 3.63) is 0 Å². The van der Waals surface area contributed by atoms with E-state index in [2.05, 4.69) is 11.8 Å². The zero-order valence-corrected chi connectivity index (χ0v) is 10.9. The molecule has 0 amide bonds. The van der Waals surface area contributed by atoms with Gasteiger partial charge >= 0.3 is 5.97 Å². The zero-order valence-electron chi connectivity index (χ0n) is 10.9. The summed E-state index contributed by atoms with van der Waals surface area (Å²) in [6, 6.07) is 0. The molecule has 4 heteroatoms. The summed E-state index contributed by atoms with van der Waals surface area (Å²) in [4.78, 5) is 13.7. The third-order valence-electron chi connectivity index (χ3n) is 3.25. The van der Waals surface area contributed by atoms with Gasteiger partial charge in [-0.05, 0) is 38.1 Å². The van der Waals surface area contributed by atoms with Crippen molar-refractivity contribution in [1.29, 1.82) is 0 Å². The number of hydrogen-bond donors (Lipinski definition) is 1. The number of aliphatic hydroxyl groups excluding tert-OH is 1. The second-order valence-electron chi connectivity index (χ2n) is 4.83. The van der Waals surface area contributed by atoms with Crippen LogP contribution in [-0.2, 0) is 9.53 Å². The van der Waals surface area contributed by atoms with Gasteiger partial charge in [-0.2, -0.15) is 0 Å². The molecule has 0 bridgehead atoms. The topological polar surface area (TPSA) is 49.8 Å². The number of ether oxygens (including phenoxy) is 1. The molecule has 17 heavy (non-hydrogen) atoms. The monoisotopic (exact) mass is 243 g/mol. The van der Waals surface area contributed by atoms with Crippen LogP contribution in [0.5, 0.6) is 0 Å². The number of unbranched alkanes of at least 4 members (excludes halogenated alkanes) is 1. The fourth-order valence-corrected chi connectivity index (χ4v) is 2.27. The van der Waals surface area contributed by atoms with Crippen molar-refractivity contribution in [2.45, 2.75) is 39.0 Å². The number of esters is 1. The lowest BCUT2D eigenvalue weighted by Crippen LogP contribution is -2.39. The van der Waals surface area contributed by atoms with Crippen LogP contribution in [0.25, 0.3) is 0 Å². The highest BCUT2D eigenvalue weighted by Gasteiger charge is 2.21. The second-order valence-corrected chi connectivity index (χ2v) is 4.83. The van der Waals surface area contributed by atoms with Gasteiger partial charge in [0, 0.05) is 13.2 Å². The van der Waals surface area contributed by atoms with E-state index in [0.717, 1.165) is 38.8 Å². The summed E-state index contributed by atoms with van der Waals surface area (Å²) < 4.78 is 5.15. The van der Waals surface area contributed by atoms with Gasteiger partial charge in [0.05, 0.1) is 13.2 Å². The summed E-state index contributed by atoms with van der Waals surface area (Å²) in [6.45, 7) is 5.18. The smallest absolute Gasteiger partial charge is 0.320 e. The molecule has 4 nitrogen and oxygen atoms in total. The number of likely N-dealkylation sites (tertiary alicyclic amines) is 1. The molecule has 1 atom stereocenters. The van der Waals surface area contributed by atoms with Crippen molar-refractivity contribution >= 4 is 5.97 Å². The minimum absolute atomic E-state index is 0.108. The van der Waals surface area contributed by atoms with Crippen molar-refractivity contribution in [2.75, 3.05) is 32.8 Å². The molecule has 1 N–H and O–H groups in total. The Morgan fingerprint density at radius 3 is 3.06 bits per heavy atom. The van der Waals surface area contributed by atoms with E-state index in [-0.39, 0.29) is 12.6 Å². The fraction of sp³-hybridized carbons (Fsp3) is 0.923. The first kappa shape index (κ1) is 14.5. The van der Waals surface area contributed by atoms with Gasteiger partial charge in [-0.25, -0.2) is 0 Å². The standard InChI is InChI=1S/C13H25NO3/c1-2-3-9-17-13(16)11-14-7-4-5-12(10-14)6-8-15/h12,15H,2-11H2,1H3. The number of aliphatic hydroxyl groups is 1. The first-order valence-electron chi connectivity index (χ1n) is 6.75. The Kier molecular flexibility index (Phi) is 7.21. The van der Waals surface area contributed by atoms with E-state index in [1.54, 1.807) is 0 Å². The predicted molar refractivity (Wildman–Crippen MR) is 66.7 cm³/mol. The third kappa shape index (κ3) is 6.03. The zero-order chi connectivity index (χ0) is 12.5. The number of piperidine rings is 1. The molecule has 1 aliphatic heterocycles. The average Bonchev–Trinajstić information content (AvgIpc) is 2.30. The van der Waals surface area contributed by atoms with Gasteiger partial charge in [0.2, 0.25) is 0 Å². The SMILES string of the molecule is CCCCOC(=O)CN1CCCC(CCO)C1. The lowest BCUT2D eigenvalue weighted by Gasteiger charge is -2.31. The van der Waals surface area contributed by atoms with E-state index in [9.17, 15) is 4.79 Å². The first-order valence-corrected chi connectivity index (χ1v) is 6.75. The average molecular weight is 243 g/mol. The number of carbonyl (C=O) groups excluding carboxylic acids is 1. The quantitative estimate of drug-likeness (QED) is 0.543. The van der Waals surface area contributed by atoms with Gasteiger partial charge in [-0.15, -0.1) is 0 Å². The Hall–Kier alpha value is -0.610. The second kappa shape index (κ2) is 8.48. The van der Waals surface area contributed by atoms with Gasteiger partial charge in [0.15, 0.2) is 0 Å². The molecule has 1 aliphatic rings. The van der Waals surface area contributed by atoms with Gasteiger partial charge in [-0.3, -0.25) is 9.69 Å². The van der Waals surface area contributed by atoms with Crippen LogP contribution in [0, 0.1) is 5.92 Å². The molecule has 1 rings (SSSR count). The normalized spacial score (nSPS) is 21.4. The van der Waals surface area contributed by atoms with Crippen LogP contribution in [0.2, 0.25) is 0 Å². The Morgan fingerprint density at radius 1 is 1.53 bits per heavy atom. The highest BCUT2D eigenvalue weighted by atomic mass is 16.5. The van der Waals surface area contributed by atoms with Gasteiger partial charge in [-0.1, -0.05) is 13.3 Å². The molecule has 0 aromatic rings. The maximum Gasteiger partial charge on any atom is 0.320 e. The van der Waals surface area contributed by atoms with Crippen LogP contribution >= 0.6 is 0 Å². The number of carbonyl (C=O) groups is 1. The Bertz CT molecular complexity index is 219. The van der Waals surface area contributed by atoms with Crippen LogP contribution in [0.3, 0.4) is 0 Å². The molecule has 0 aromatic carbocycles. The number of hydrogen-bond acceptors (Lipinski definition) is 4. The summed E-state index contributed by atoms with van der Waals surface area (Å²) >= 11 is 0. The molecular formula is C13H25NO3. The van der Waals surface area contributed by atoms with Crippen molar-refractivity contribution < 1.29 is 14.6 Å². The molecule has 0 spiro atoms. The maximum atomic E-state index is 11.5. The van der Waals surface area contributed by atoms with E-state index in [0.29, 0.717) is 19.1 Å². The lowest BCUT2D eigenvalue weighted by molar-refractivity contribution is -0.145. The van der Waals surface area contributed by atoms with Crippen molar-refractivity contribution in [3.8, 4) is 0 Å². The van der Waals surface area contributed by atoms with Crippen LogP contribution in [0.15, 0.2) is 0 Å². The molecule has 1 heterocycles. The molecule has 1 saturated heterocycles. The molecule has 0 aliphatic carbocycles. The number of nitrogens with zero attached hydrogens (tertiary/aromatic N) is 1. The summed E-state index contributed by atoms with van der Waals surface area (Å²) in [5.74, 6) is 0.431. The highest BCUT2D eigenvalue weighted by Crippen LogP contribution is 2.18. The lowest BCUT2D eigenvalue weighted by atomic mass is 9.95. The highest BCUT2D eigenvalue weighted by molar-refractivity contribution is 5.71. The van der Waals surface area contributed by atoms with E-state index in [1.807, 2.05) is 0 Å². The Balaban J connectivity index is 2.18. The van der Waals surface area contributed by atoms with Crippen LogP contribution < -0.4 is 0 Å². The van der Waals surface area contributed by atoms with Crippen LogP contribution in [-0.4, -0.2) is 48.8 Å². The van der Waals surface area contributed by atoms with Gasteiger partial charge in [0.25, 0.3) is 0 Å². The number of rotatable bonds is 7. The minimum Gasteiger partial charge on any atom is -0.465 e. The van der Waals surface area contributed by atoms with Crippen molar-refractivity contribution in [1.82, 2.24) is 4.90 Å². The van der Waals surface area contributed by atoms with E-state index in [1.165, 1.54) is 6.42 Å². The third-order valence-corrected chi connectivity index (χ3v) is 3.25. The van der Waals surface area contributed by atoms with Crippen molar-refractivity contribution in [2.24, 2.45) is 5.92 Å². The molecule has 0 aromatic heterocycles. The maximum absolute atomic E-state index is 11.5. The van der Waals surface area contributed by atoms with Crippen LogP contribution in [0.4, 0.5) is 0 Å². The fourth-order valence-electron chi connectivity index (χ4n) is 2.27. The summed E-state index contributed by atoms with van der Waals surface area (Å²) in [5.41, 5.74) is 0. The van der Waals surface area contributed by atoms with Gasteiger partial charge < -0.3 is 9.84 Å². The Morgan fingerprint density at radius 2 is 2.35 bits per heavy atom. The molecule has 0 saturated carbocycles. The van der Waals surface area contributed by atoms with Crippen molar-refractivity contribution in [3.63, 3.8) is 0 Å². The summed E-state index contributed by atoms with van der Waals surface area (Å²) in [6.07, 6.45) is 5.13. The minimum atomic E-state index is -0.108. The Labute approximate surface area is 104 Å². The molecule has 0 radical (unpaired) electrons. The van der Waals surface area contributed by atoms with E-state index >= 15 is 0 Å². The molecule has 100 valence electrons. The summed E-state index contributed by atoms with van der Waals surface area (Å²) in [7, 11) is 0. The summed E-state index contributed by atoms with van der Waals surface area (Å²) in [5, 5.41) is 8.92. The first-order chi connectivity index (χ1) is 8.26. The van der Waals surface area contributed by atoms with Crippen LogP contribution in [0.1, 0.15) is 39.0 Å². The van der Waals surface area contributed by atoms with Gasteiger partial charge in [0.1, 0.15) is 0 Å². The molecule has 1 fully saturated rings. The largest absolute Gasteiger partial charge is 0.465 e. The van der Waals surface area contributed by atoms with E-state index < -0.39 is 0 Å². The molecule has 1 unspecified atom stereocenters. The predicted octanol–water partition coefficient (Wildman–Crippen LogP) is 1.42. The molecular weight excluding hydrogens is 218 g/mol.